The lowest BCUT2D eigenvalue weighted by Crippen LogP contribution is -2.44. The third-order valence-electron chi connectivity index (χ3n) is 3.82. The van der Waals surface area contributed by atoms with Crippen LogP contribution in [0, 0.1) is 0 Å². The van der Waals surface area contributed by atoms with Gasteiger partial charge in [0.2, 0.25) is 0 Å². The molecule has 1 unspecified atom stereocenters. The standard InChI is InChI=1S/C17H29N5O2/c1-3-19-17(20-7-10-24-16-5-4-6-18-14-16)21-13-15(2)22-8-11-23-12-9-22/h4-6,14-15H,3,7-13H2,1-2H3,(H2,19,20,21). The van der Waals surface area contributed by atoms with Crippen LogP contribution in [0.3, 0.4) is 0 Å². The first-order valence-electron chi connectivity index (χ1n) is 8.66. The monoisotopic (exact) mass is 335 g/mol. The Morgan fingerprint density at radius 2 is 2.25 bits per heavy atom. The Bertz CT molecular complexity index is 477. The maximum atomic E-state index is 5.63. The summed E-state index contributed by atoms with van der Waals surface area (Å²) in [4.78, 5) is 11.1. The molecule has 0 aromatic carbocycles. The highest BCUT2D eigenvalue weighted by atomic mass is 16.5. The van der Waals surface area contributed by atoms with Gasteiger partial charge in [0.25, 0.3) is 0 Å². The molecule has 0 saturated carbocycles. The van der Waals surface area contributed by atoms with Gasteiger partial charge in [-0.2, -0.15) is 0 Å². The van der Waals surface area contributed by atoms with Gasteiger partial charge in [-0.3, -0.25) is 14.9 Å². The van der Waals surface area contributed by atoms with Crippen LogP contribution in [0.15, 0.2) is 29.5 Å². The second kappa shape index (κ2) is 10.8. The van der Waals surface area contributed by atoms with E-state index in [1.165, 1.54) is 0 Å². The van der Waals surface area contributed by atoms with Gasteiger partial charge >= 0.3 is 0 Å². The number of hydrogen-bond acceptors (Lipinski definition) is 5. The second-order valence-corrected chi connectivity index (χ2v) is 5.68. The van der Waals surface area contributed by atoms with E-state index >= 15 is 0 Å². The fourth-order valence-electron chi connectivity index (χ4n) is 2.47. The van der Waals surface area contributed by atoms with Crippen LogP contribution in [0.2, 0.25) is 0 Å². The molecule has 1 fully saturated rings. The first kappa shape index (κ1) is 18.5. The Hall–Kier alpha value is -1.86. The summed E-state index contributed by atoms with van der Waals surface area (Å²) in [6.45, 7) is 10.7. The van der Waals surface area contributed by atoms with Crippen molar-refractivity contribution in [2.24, 2.45) is 4.99 Å². The van der Waals surface area contributed by atoms with E-state index in [9.17, 15) is 0 Å². The maximum absolute atomic E-state index is 5.63. The average molecular weight is 335 g/mol. The Labute approximate surface area is 144 Å². The number of pyridine rings is 1. The Morgan fingerprint density at radius 1 is 1.42 bits per heavy atom. The zero-order chi connectivity index (χ0) is 17.0. The van der Waals surface area contributed by atoms with Gasteiger partial charge in [-0.25, -0.2) is 0 Å². The minimum atomic E-state index is 0.413. The molecule has 0 amide bonds. The Kier molecular flexibility index (Phi) is 8.34. The van der Waals surface area contributed by atoms with Gasteiger partial charge in [-0.05, 0) is 26.0 Å². The van der Waals surface area contributed by atoms with Crippen LogP contribution >= 0.6 is 0 Å². The Balaban J connectivity index is 1.71. The van der Waals surface area contributed by atoms with Gasteiger partial charge in [-0.1, -0.05) is 0 Å². The SMILES string of the molecule is CCNC(=NCC(C)N1CCOCC1)NCCOc1cccnc1. The topological polar surface area (TPSA) is 71.0 Å². The van der Waals surface area contributed by atoms with Crippen molar-refractivity contribution in [1.29, 1.82) is 0 Å². The number of nitrogens with zero attached hydrogens (tertiary/aromatic N) is 3. The van der Waals surface area contributed by atoms with Crippen molar-refractivity contribution in [2.75, 3.05) is 52.5 Å². The van der Waals surface area contributed by atoms with E-state index in [2.05, 4.69) is 39.4 Å². The molecular weight excluding hydrogens is 306 g/mol. The molecule has 0 bridgehead atoms. The van der Waals surface area contributed by atoms with E-state index < -0.39 is 0 Å². The number of hydrogen-bond donors (Lipinski definition) is 2. The molecule has 7 heteroatoms. The molecule has 2 heterocycles. The number of ether oxygens (including phenoxy) is 2. The molecule has 1 aliphatic rings. The van der Waals surface area contributed by atoms with Crippen molar-refractivity contribution >= 4 is 5.96 Å². The van der Waals surface area contributed by atoms with E-state index in [0.29, 0.717) is 19.2 Å². The first-order valence-corrected chi connectivity index (χ1v) is 8.66. The Morgan fingerprint density at radius 3 is 2.96 bits per heavy atom. The lowest BCUT2D eigenvalue weighted by Gasteiger charge is -2.31. The van der Waals surface area contributed by atoms with E-state index in [1.807, 2.05) is 12.1 Å². The second-order valence-electron chi connectivity index (χ2n) is 5.68. The summed E-state index contributed by atoms with van der Waals surface area (Å²) < 4.78 is 11.0. The minimum Gasteiger partial charge on any atom is -0.490 e. The predicted octanol–water partition coefficient (Wildman–Crippen LogP) is 0.736. The molecule has 134 valence electrons. The van der Waals surface area contributed by atoms with Crippen molar-refractivity contribution in [1.82, 2.24) is 20.5 Å². The highest BCUT2D eigenvalue weighted by molar-refractivity contribution is 5.79. The quantitative estimate of drug-likeness (QED) is 0.415. The molecule has 7 nitrogen and oxygen atoms in total. The van der Waals surface area contributed by atoms with Gasteiger partial charge < -0.3 is 20.1 Å². The number of nitrogens with one attached hydrogen (secondary N) is 2. The molecule has 1 aromatic heterocycles. The number of aliphatic imine (C=N–C) groups is 1. The molecule has 1 aromatic rings. The minimum absolute atomic E-state index is 0.413. The summed E-state index contributed by atoms with van der Waals surface area (Å²) in [5.74, 6) is 1.61. The summed E-state index contributed by atoms with van der Waals surface area (Å²) in [7, 11) is 0. The first-order chi connectivity index (χ1) is 11.8. The third kappa shape index (κ3) is 6.72. The van der Waals surface area contributed by atoms with E-state index in [-0.39, 0.29) is 0 Å². The molecule has 0 aliphatic carbocycles. The summed E-state index contributed by atoms with van der Waals surface area (Å²) in [6.07, 6.45) is 3.44. The van der Waals surface area contributed by atoms with Gasteiger partial charge in [0.05, 0.1) is 32.5 Å². The highest BCUT2D eigenvalue weighted by Gasteiger charge is 2.16. The molecular formula is C17H29N5O2. The van der Waals surface area contributed by atoms with Gasteiger partial charge in [-0.15, -0.1) is 0 Å². The summed E-state index contributed by atoms with van der Waals surface area (Å²) in [5, 5.41) is 6.57. The normalized spacial score (nSPS) is 17.3. The number of aromatic nitrogens is 1. The fourth-order valence-corrected chi connectivity index (χ4v) is 2.47. The smallest absolute Gasteiger partial charge is 0.191 e. The summed E-state index contributed by atoms with van der Waals surface area (Å²) in [6, 6.07) is 4.17. The molecule has 0 spiro atoms. The lowest BCUT2D eigenvalue weighted by atomic mass is 10.2. The van der Waals surface area contributed by atoms with Crippen molar-refractivity contribution < 1.29 is 9.47 Å². The van der Waals surface area contributed by atoms with Crippen LogP contribution in [0.5, 0.6) is 5.75 Å². The van der Waals surface area contributed by atoms with Crippen molar-refractivity contribution in [3.05, 3.63) is 24.5 Å². The van der Waals surface area contributed by atoms with Crippen LogP contribution in [-0.2, 0) is 4.74 Å². The average Bonchev–Trinajstić information content (AvgIpc) is 2.64. The van der Waals surface area contributed by atoms with E-state index in [1.54, 1.807) is 12.4 Å². The summed E-state index contributed by atoms with van der Waals surface area (Å²) >= 11 is 0. The van der Waals surface area contributed by atoms with Gasteiger partial charge in [0, 0.05) is 31.9 Å². The van der Waals surface area contributed by atoms with Gasteiger partial charge in [0.1, 0.15) is 12.4 Å². The molecule has 0 radical (unpaired) electrons. The van der Waals surface area contributed by atoms with Crippen LogP contribution in [0.4, 0.5) is 0 Å². The lowest BCUT2D eigenvalue weighted by molar-refractivity contribution is 0.0220. The highest BCUT2D eigenvalue weighted by Crippen LogP contribution is 2.05. The van der Waals surface area contributed by atoms with E-state index in [4.69, 9.17) is 9.47 Å². The van der Waals surface area contributed by atoms with Crippen molar-refractivity contribution in [3.63, 3.8) is 0 Å². The number of morpholine rings is 1. The van der Waals surface area contributed by atoms with Crippen molar-refractivity contribution in [2.45, 2.75) is 19.9 Å². The molecule has 24 heavy (non-hydrogen) atoms. The fraction of sp³-hybridized carbons (Fsp3) is 0.647. The van der Waals surface area contributed by atoms with Crippen LogP contribution < -0.4 is 15.4 Å². The molecule has 1 aliphatic heterocycles. The van der Waals surface area contributed by atoms with Gasteiger partial charge in [0.15, 0.2) is 5.96 Å². The molecule has 1 saturated heterocycles. The van der Waals surface area contributed by atoms with Crippen LogP contribution in [0.1, 0.15) is 13.8 Å². The van der Waals surface area contributed by atoms with Crippen LogP contribution in [-0.4, -0.2) is 74.4 Å². The largest absolute Gasteiger partial charge is 0.490 e. The molecule has 2 rings (SSSR count). The maximum Gasteiger partial charge on any atom is 0.191 e. The molecule has 2 N–H and O–H groups in total. The predicted molar refractivity (Wildman–Crippen MR) is 95.6 cm³/mol. The number of guanidine groups is 1. The summed E-state index contributed by atoms with van der Waals surface area (Å²) in [5.41, 5.74) is 0. The van der Waals surface area contributed by atoms with Crippen molar-refractivity contribution in [3.8, 4) is 5.75 Å². The number of rotatable bonds is 8. The molecule has 1 atom stereocenters. The van der Waals surface area contributed by atoms with E-state index in [0.717, 1.165) is 51.1 Å². The third-order valence-corrected chi connectivity index (χ3v) is 3.82. The van der Waals surface area contributed by atoms with Crippen LogP contribution in [0.25, 0.3) is 0 Å². The zero-order valence-corrected chi connectivity index (χ0v) is 14.7. The zero-order valence-electron chi connectivity index (χ0n) is 14.7.